The number of aliphatic carboxylic acids is 1. The number of thiophene rings is 1. The minimum absolute atomic E-state index is 0.0501. The number of aromatic nitrogens is 2. The number of carbonyl (C=O) groups is 2. The van der Waals surface area contributed by atoms with E-state index >= 15 is 0 Å². The fraction of sp³-hybridized carbons (Fsp3) is 0.529. The summed E-state index contributed by atoms with van der Waals surface area (Å²) in [5.41, 5.74) is 0. The van der Waals surface area contributed by atoms with E-state index in [1.807, 2.05) is 16.3 Å². The average Bonchev–Trinajstić information content (AvgIpc) is 3.29. The van der Waals surface area contributed by atoms with Gasteiger partial charge >= 0.3 is 5.97 Å². The number of hydrogen-bond donors (Lipinski definition) is 1. The zero-order valence-electron chi connectivity index (χ0n) is 14.4. The zero-order chi connectivity index (χ0) is 18.3. The molecule has 0 aromatic carbocycles. The summed E-state index contributed by atoms with van der Waals surface area (Å²) in [6, 6.07) is 1.65. The molecule has 2 unspecified atom stereocenters. The van der Waals surface area contributed by atoms with Gasteiger partial charge in [0, 0.05) is 13.1 Å². The molecule has 2 aliphatic rings. The van der Waals surface area contributed by atoms with Gasteiger partial charge in [-0.2, -0.15) is 0 Å². The van der Waals surface area contributed by atoms with Crippen LogP contribution in [0.25, 0.3) is 10.2 Å². The van der Waals surface area contributed by atoms with E-state index in [0.717, 1.165) is 35.4 Å². The fourth-order valence-corrected chi connectivity index (χ4v) is 4.49. The number of morpholine rings is 1. The van der Waals surface area contributed by atoms with E-state index in [2.05, 4.69) is 9.97 Å². The van der Waals surface area contributed by atoms with Crippen LogP contribution in [0.4, 0.5) is 5.82 Å². The van der Waals surface area contributed by atoms with Crippen LogP contribution in [-0.2, 0) is 14.3 Å². The number of carboxylic acids is 1. The number of fused-ring (bicyclic) bond motifs is 1. The van der Waals surface area contributed by atoms with Crippen LogP contribution in [0.15, 0.2) is 17.8 Å². The van der Waals surface area contributed by atoms with Crippen molar-refractivity contribution in [3.05, 3.63) is 17.8 Å². The Kier molecular flexibility index (Phi) is 4.49. The van der Waals surface area contributed by atoms with E-state index in [1.165, 1.54) is 6.33 Å². The molecule has 4 rings (SSSR count). The number of rotatable bonds is 3. The molecule has 1 N–H and O–H groups in total. The van der Waals surface area contributed by atoms with Crippen molar-refractivity contribution in [3.8, 4) is 0 Å². The predicted octanol–water partition coefficient (Wildman–Crippen LogP) is 1.36. The lowest BCUT2D eigenvalue weighted by atomic mass is 10.1. The predicted molar refractivity (Wildman–Crippen MR) is 96.3 cm³/mol. The first-order valence-electron chi connectivity index (χ1n) is 8.66. The van der Waals surface area contributed by atoms with Crippen molar-refractivity contribution in [1.82, 2.24) is 14.9 Å². The normalized spacial score (nSPS) is 26.4. The summed E-state index contributed by atoms with van der Waals surface area (Å²) in [7, 11) is 0. The van der Waals surface area contributed by atoms with Crippen LogP contribution < -0.4 is 4.90 Å². The molecule has 3 atom stereocenters. The number of hydrogen-bond acceptors (Lipinski definition) is 7. The van der Waals surface area contributed by atoms with Gasteiger partial charge in [0.1, 0.15) is 23.0 Å². The van der Waals surface area contributed by atoms with Gasteiger partial charge in [0.15, 0.2) is 6.10 Å². The highest BCUT2D eigenvalue weighted by Gasteiger charge is 2.39. The third-order valence-corrected chi connectivity index (χ3v) is 5.72. The number of anilines is 1. The van der Waals surface area contributed by atoms with Gasteiger partial charge in [-0.3, -0.25) is 4.79 Å². The van der Waals surface area contributed by atoms with Crippen LogP contribution in [0.5, 0.6) is 0 Å². The molecule has 0 saturated carbocycles. The molecule has 0 radical (unpaired) electrons. The maximum absolute atomic E-state index is 13.2. The maximum atomic E-state index is 13.2. The van der Waals surface area contributed by atoms with Gasteiger partial charge in [0.05, 0.1) is 18.0 Å². The lowest BCUT2D eigenvalue weighted by Crippen LogP contribution is -2.56. The van der Waals surface area contributed by atoms with Crippen molar-refractivity contribution in [3.63, 3.8) is 0 Å². The Hall–Kier alpha value is -2.26. The van der Waals surface area contributed by atoms with E-state index in [9.17, 15) is 14.7 Å². The molecular weight excluding hydrogens is 356 g/mol. The Labute approximate surface area is 154 Å². The van der Waals surface area contributed by atoms with Crippen molar-refractivity contribution in [2.75, 3.05) is 24.5 Å². The van der Waals surface area contributed by atoms with Gasteiger partial charge < -0.3 is 19.6 Å². The lowest BCUT2D eigenvalue weighted by Gasteiger charge is -2.38. The highest BCUT2D eigenvalue weighted by molar-refractivity contribution is 7.16. The molecule has 2 aliphatic heterocycles. The SMILES string of the molecule is C[C@@H]1CN(C(=O)C2CCCN2c2ncnc3sccc23)CC(C(=O)O)O1. The van der Waals surface area contributed by atoms with Crippen molar-refractivity contribution in [2.45, 2.75) is 38.0 Å². The van der Waals surface area contributed by atoms with Crippen LogP contribution in [0.2, 0.25) is 0 Å². The van der Waals surface area contributed by atoms with E-state index in [-0.39, 0.29) is 24.6 Å². The second-order valence-electron chi connectivity index (χ2n) is 6.70. The molecule has 2 aromatic heterocycles. The molecule has 138 valence electrons. The molecule has 0 bridgehead atoms. The summed E-state index contributed by atoms with van der Waals surface area (Å²) in [5, 5.41) is 12.2. The van der Waals surface area contributed by atoms with Crippen molar-refractivity contribution in [1.29, 1.82) is 0 Å². The van der Waals surface area contributed by atoms with Crippen LogP contribution in [0.1, 0.15) is 19.8 Å². The molecule has 26 heavy (non-hydrogen) atoms. The smallest absolute Gasteiger partial charge is 0.334 e. The molecule has 2 fully saturated rings. The van der Waals surface area contributed by atoms with Gasteiger partial charge in [-0.1, -0.05) is 0 Å². The molecule has 9 heteroatoms. The molecule has 8 nitrogen and oxygen atoms in total. The van der Waals surface area contributed by atoms with E-state index in [1.54, 1.807) is 23.2 Å². The highest BCUT2D eigenvalue weighted by Crippen LogP contribution is 2.32. The third kappa shape index (κ3) is 3.01. The Morgan fingerprint density at radius 3 is 3.00 bits per heavy atom. The second-order valence-corrected chi connectivity index (χ2v) is 7.60. The molecule has 4 heterocycles. The number of nitrogens with zero attached hydrogens (tertiary/aromatic N) is 4. The largest absolute Gasteiger partial charge is 0.479 e. The first kappa shape index (κ1) is 17.2. The monoisotopic (exact) mass is 376 g/mol. The van der Waals surface area contributed by atoms with Gasteiger partial charge in [0.25, 0.3) is 0 Å². The number of carboxylic acid groups (broad SMARTS) is 1. The Morgan fingerprint density at radius 2 is 2.19 bits per heavy atom. The van der Waals surface area contributed by atoms with Crippen LogP contribution in [0.3, 0.4) is 0 Å². The molecule has 2 saturated heterocycles. The molecule has 0 aliphatic carbocycles. The Bertz CT molecular complexity index is 841. The summed E-state index contributed by atoms with van der Waals surface area (Å²) < 4.78 is 5.42. The molecule has 0 spiro atoms. The van der Waals surface area contributed by atoms with Crippen molar-refractivity contribution >= 4 is 39.2 Å². The molecular formula is C17H20N4O4S. The Morgan fingerprint density at radius 1 is 1.35 bits per heavy atom. The number of carbonyl (C=O) groups excluding carboxylic acids is 1. The van der Waals surface area contributed by atoms with Gasteiger partial charge in [-0.25, -0.2) is 14.8 Å². The first-order chi connectivity index (χ1) is 12.5. The zero-order valence-corrected chi connectivity index (χ0v) is 15.2. The second kappa shape index (κ2) is 6.81. The van der Waals surface area contributed by atoms with Gasteiger partial charge in [-0.05, 0) is 31.2 Å². The van der Waals surface area contributed by atoms with Crippen LogP contribution in [-0.4, -0.2) is 69.7 Å². The molecule has 1 amide bonds. The fourth-order valence-electron chi connectivity index (χ4n) is 3.76. The number of ether oxygens (including phenoxy) is 1. The summed E-state index contributed by atoms with van der Waals surface area (Å²) in [6.07, 6.45) is 1.89. The summed E-state index contributed by atoms with van der Waals surface area (Å²) in [6.45, 7) is 3.03. The van der Waals surface area contributed by atoms with E-state index in [4.69, 9.17) is 4.74 Å². The van der Waals surface area contributed by atoms with Crippen LogP contribution in [0, 0.1) is 0 Å². The lowest BCUT2D eigenvalue weighted by molar-refractivity contribution is -0.166. The molecule has 2 aromatic rings. The highest BCUT2D eigenvalue weighted by atomic mass is 32.1. The summed E-state index contributed by atoms with van der Waals surface area (Å²) in [5.74, 6) is -0.303. The van der Waals surface area contributed by atoms with E-state index in [0.29, 0.717) is 6.54 Å². The van der Waals surface area contributed by atoms with Crippen molar-refractivity contribution < 1.29 is 19.4 Å². The Balaban J connectivity index is 1.59. The van der Waals surface area contributed by atoms with E-state index < -0.39 is 12.1 Å². The maximum Gasteiger partial charge on any atom is 0.334 e. The first-order valence-corrected chi connectivity index (χ1v) is 9.54. The van der Waals surface area contributed by atoms with Crippen LogP contribution >= 0.6 is 11.3 Å². The van der Waals surface area contributed by atoms with Gasteiger partial charge in [-0.15, -0.1) is 11.3 Å². The quantitative estimate of drug-likeness (QED) is 0.864. The topological polar surface area (TPSA) is 95.9 Å². The third-order valence-electron chi connectivity index (χ3n) is 4.90. The summed E-state index contributed by atoms with van der Waals surface area (Å²) in [4.78, 5) is 37.7. The van der Waals surface area contributed by atoms with Gasteiger partial charge in [0.2, 0.25) is 5.91 Å². The standard InChI is InChI=1S/C17H20N4O4S/c1-10-7-20(8-13(25-10)17(23)24)16(22)12-3-2-5-21(12)14-11-4-6-26-15(11)19-9-18-14/h4,6,9-10,12-13H,2-3,5,7-8H2,1H3,(H,23,24)/t10-,12?,13?/m1/s1. The van der Waals surface area contributed by atoms with Crippen molar-refractivity contribution in [2.24, 2.45) is 0 Å². The average molecular weight is 376 g/mol. The minimum atomic E-state index is -1.03. The minimum Gasteiger partial charge on any atom is -0.479 e. The summed E-state index contributed by atoms with van der Waals surface area (Å²) >= 11 is 1.55. The number of amides is 1.